The zero-order chi connectivity index (χ0) is 10.2. The minimum Gasteiger partial charge on any atom is -0.464 e. The maximum Gasteiger partial charge on any atom is 0.293 e. The first-order valence-corrected chi connectivity index (χ1v) is 4.43. The van der Waals surface area contributed by atoms with Crippen molar-refractivity contribution in [1.29, 1.82) is 0 Å². The van der Waals surface area contributed by atoms with Gasteiger partial charge in [-0.25, -0.2) is 0 Å². The van der Waals surface area contributed by atoms with Crippen molar-refractivity contribution in [1.82, 2.24) is 10.2 Å². The first-order valence-electron chi connectivity index (χ1n) is 4.43. The molecule has 1 aromatic heterocycles. The van der Waals surface area contributed by atoms with E-state index in [9.17, 15) is 4.79 Å². The Hall–Kier alpha value is -1.36. The molecule has 0 aliphatic rings. The molecule has 0 amide bonds. The van der Waals surface area contributed by atoms with E-state index >= 15 is 0 Å². The van der Waals surface area contributed by atoms with Crippen molar-refractivity contribution >= 4 is 6.47 Å². The smallest absolute Gasteiger partial charge is 0.293 e. The highest BCUT2D eigenvalue weighted by Crippen LogP contribution is 2.05. The second kappa shape index (κ2) is 6.15. The van der Waals surface area contributed by atoms with Gasteiger partial charge in [-0.1, -0.05) is 0 Å². The van der Waals surface area contributed by atoms with Crippen LogP contribution in [0.25, 0.3) is 0 Å². The van der Waals surface area contributed by atoms with Gasteiger partial charge in [0.15, 0.2) is 0 Å². The minimum absolute atomic E-state index is 0.157. The maximum absolute atomic E-state index is 10.2. The van der Waals surface area contributed by atoms with Gasteiger partial charge in [0.25, 0.3) is 6.47 Å². The molecule has 0 saturated carbocycles. The lowest BCUT2D eigenvalue weighted by Crippen LogP contribution is -2.17. The summed E-state index contributed by atoms with van der Waals surface area (Å²) in [6, 6.07) is 1.86. The van der Waals surface area contributed by atoms with Crippen LogP contribution in [0.3, 0.4) is 0 Å². The molecular weight excluding hydrogens is 184 g/mol. The van der Waals surface area contributed by atoms with E-state index in [-0.39, 0.29) is 6.10 Å². The van der Waals surface area contributed by atoms with Crippen molar-refractivity contribution in [3.05, 3.63) is 18.0 Å². The third-order valence-electron chi connectivity index (χ3n) is 1.89. The first kappa shape index (κ1) is 10.7. The lowest BCUT2D eigenvalue weighted by atomic mass is 10.1. The van der Waals surface area contributed by atoms with Crippen molar-refractivity contribution in [2.24, 2.45) is 0 Å². The highest BCUT2D eigenvalue weighted by Gasteiger charge is 2.11. The molecule has 0 aliphatic carbocycles. The fourth-order valence-corrected chi connectivity index (χ4v) is 1.18. The number of nitrogens with one attached hydrogen (secondary N) is 1. The largest absolute Gasteiger partial charge is 0.464 e. The molecule has 0 fully saturated rings. The highest BCUT2D eigenvalue weighted by molar-refractivity contribution is 5.37. The third kappa shape index (κ3) is 3.57. The molecule has 1 heterocycles. The summed E-state index contributed by atoms with van der Waals surface area (Å²) in [6.07, 6.45) is 2.88. The maximum atomic E-state index is 10.2. The topological polar surface area (TPSA) is 64.2 Å². The van der Waals surface area contributed by atoms with Crippen molar-refractivity contribution < 1.29 is 14.3 Å². The van der Waals surface area contributed by atoms with E-state index in [1.54, 1.807) is 13.3 Å². The summed E-state index contributed by atoms with van der Waals surface area (Å²) in [4.78, 5) is 10.2. The molecule has 1 N–H and O–H groups in total. The molecule has 1 unspecified atom stereocenters. The van der Waals surface area contributed by atoms with Gasteiger partial charge in [0.1, 0.15) is 6.10 Å². The average Bonchev–Trinajstić information content (AvgIpc) is 2.67. The summed E-state index contributed by atoms with van der Waals surface area (Å²) >= 11 is 0. The lowest BCUT2D eigenvalue weighted by molar-refractivity contribution is -0.134. The van der Waals surface area contributed by atoms with Crippen LogP contribution >= 0.6 is 0 Å². The van der Waals surface area contributed by atoms with Crippen LogP contribution in [-0.4, -0.2) is 36.5 Å². The summed E-state index contributed by atoms with van der Waals surface area (Å²) in [7, 11) is 1.62. The molecule has 0 aromatic carbocycles. The van der Waals surface area contributed by atoms with Crippen molar-refractivity contribution in [2.75, 3.05) is 13.7 Å². The zero-order valence-corrected chi connectivity index (χ0v) is 8.10. The molecule has 1 aromatic rings. The second-order valence-electron chi connectivity index (χ2n) is 2.91. The van der Waals surface area contributed by atoms with E-state index in [1.165, 1.54) is 0 Å². The normalized spacial score (nSPS) is 12.4. The van der Waals surface area contributed by atoms with Gasteiger partial charge in [0.2, 0.25) is 0 Å². The van der Waals surface area contributed by atoms with E-state index in [0.717, 1.165) is 5.69 Å². The van der Waals surface area contributed by atoms with E-state index in [0.29, 0.717) is 25.9 Å². The number of aromatic amines is 1. The first-order chi connectivity index (χ1) is 6.86. The quantitative estimate of drug-likeness (QED) is 0.649. The Bertz CT molecular complexity index is 249. The van der Waals surface area contributed by atoms with Gasteiger partial charge in [0.05, 0.1) is 5.69 Å². The van der Waals surface area contributed by atoms with Gasteiger partial charge in [-0.2, -0.15) is 5.10 Å². The molecule has 0 saturated heterocycles. The fraction of sp³-hybridized carbons (Fsp3) is 0.556. The summed E-state index contributed by atoms with van der Waals surface area (Å²) in [6.45, 7) is 1.04. The molecule has 0 spiro atoms. The van der Waals surface area contributed by atoms with Gasteiger partial charge in [-0.3, -0.25) is 9.89 Å². The van der Waals surface area contributed by atoms with Crippen LogP contribution in [0, 0.1) is 0 Å². The standard InChI is InChI=1S/C9H14N2O3/c1-13-5-3-9(14-7-12)6-8-2-4-10-11-8/h2,4,7,9H,3,5-6H2,1H3,(H,10,11). The van der Waals surface area contributed by atoms with Crippen molar-refractivity contribution in [3.63, 3.8) is 0 Å². The molecule has 1 rings (SSSR count). The predicted molar refractivity (Wildman–Crippen MR) is 49.7 cm³/mol. The summed E-state index contributed by atoms with van der Waals surface area (Å²) in [5, 5.41) is 6.69. The predicted octanol–water partition coefficient (Wildman–Crippen LogP) is 0.530. The fourth-order valence-electron chi connectivity index (χ4n) is 1.18. The number of nitrogens with zero attached hydrogens (tertiary/aromatic N) is 1. The number of carbonyl (C=O) groups excluding carboxylic acids is 1. The molecule has 5 heteroatoms. The Labute approximate surface area is 82.4 Å². The SMILES string of the molecule is COCCC(Cc1cc[nH]n1)OC=O. The van der Waals surface area contributed by atoms with E-state index in [4.69, 9.17) is 9.47 Å². The van der Waals surface area contributed by atoms with Crippen LogP contribution < -0.4 is 0 Å². The van der Waals surface area contributed by atoms with E-state index in [1.807, 2.05) is 6.07 Å². The molecule has 14 heavy (non-hydrogen) atoms. The number of hydrogen-bond acceptors (Lipinski definition) is 4. The summed E-state index contributed by atoms with van der Waals surface area (Å²) < 4.78 is 9.82. The monoisotopic (exact) mass is 198 g/mol. The lowest BCUT2D eigenvalue weighted by Gasteiger charge is -2.12. The Morgan fingerprint density at radius 2 is 2.57 bits per heavy atom. The van der Waals surface area contributed by atoms with Gasteiger partial charge in [-0.15, -0.1) is 0 Å². The Morgan fingerprint density at radius 3 is 3.14 bits per heavy atom. The molecular formula is C9H14N2O3. The number of ether oxygens (including phenoxy) is 2. The molecule has 5 nitrogen and oxygen atoms in total. The van der Waals surface area contributed by atoms with Gasteiger partial charge < -0.3 is 9.47 Å². The number of rotatable bonds is 7. The minimum atomic E-state index is -0.157. The van der Waals surface area contributed by atoms with E-state index in [2.05, 4.69) is 10.2 Å². The number of methoxy groups -OCH3 is 1. The van der Waals surface area contributed by atoms with Gasteiger partial charge in [0, 0.05) is 32.8 Å². The van der Waals surface area contributed by atoms with Gasteiger partial charge >= 0.3 is 0 Å². The van der Waals surface area contributed by atoms with Crippen molar-refractivity contribution in [2.45, 2.75) is 18.9 Å². The second-order valence-corrected chi connectivity index (χ2v) is 2.91. The number of aromatic nitrogens is 2. The van der Waals surface area contributed by atoms with Crippen molar-refractivity contribution in [3.8, 4) is 0 Å². The molecule has 78 valence electrons. The number of carbonyl (C=O) groups is 1. The highest BCUT2D eigenvalue weighted by atomic mass is 16.5. The van der Waals surface area contributed by atoms with E-state index < -0.39 is 0 Å². The van der Waals surface area contributed by atoms with Crippen LogP contribution in [-0.2, 0) is 20.7 Å². The molecule has 0 bridgehead atoms. The zero-order valence-electron chi connectivity index (χ0n) is 8.10. The molecule has 0 radical (unpaired) electrons. The Morgan fingerprint density at radius 1 is 1.71 bits per heavy atom. The summed E-state index contributed by atoms with van der Waals surface area (Å²) in [5.74, 6) is 0. The number of H-pyrrole nitrogens is 1. The average molecular weight is 198 g/mol. The third-order valence-corrected chi connectivity index (χ3v) is 1.89. The van der Waals surface area contributed by atoms with Crippen LogP contribution in [0.5, 0.6) is 0 Å². The van der Waals surface area contributed by atoms with Crippen LogP contribution in [0.4, 0.5) is 0 Å². The van der Waals surface area contributed by atoms with Crippen LogP contribution in [0.1, 0.15) is 12.1 Å². The van der Waals surface area contributed by atoms with Crippen LogP contribution in [0.15, 0.2) is 12.3 Å². The molecule has 0 aliphatic heterocycles. The number of hydrogen-bond donors (Lipinski definition) is 1. The van der Waals surface area contributed by atoms with Crippen LogP contribution in [0.2, 0.25) is 0 Å². The Balaban J connectivity index is 2.38. The van der Waals surface area contributed by atoms with Gasteiger partial charge in [-0.05, 0) is 6.07 Å². The Kier molecular flexibility index (Phi) is 4.71. The summed E-state index contributed by atoms with van der Waals surface area (Å²) in [5.41, 5.74) is 0.882. The molecule has 1 atom stereocenters.